The molecule has 0 aliphatic rings. The van der Waals surface area contributed by atoms with E-state index in [0.29, 0.717) is 13.0 Å². The van der Waals surface area contributed by atoms with Gasteiger partial charge in [0.1, 0.15) is 0 Å². The van der Waals surface area contributed by atoms with Crippen LogP contribution in [0.4, 0.5) is 0 Å². The molecule has 0 N–H and O–H groups in total. The van der Waals surface area contributed by atoms with Gasteiger partial charge < -0.3 is 4.90 Å². The predicted molar refractivity (Wildman–Crippen MR) is 72.2 cm³/mol. The first-order chi connectivity index (χ1) is 8.61. The fraction of sp³-hybridized carbons (Fsp3) is 0.467. The highest BCUT2D eigenvalue weighted by molar-refractivity contribution is 5.95. The second kappa shape index (κ2) is 6.80. The molecule has 1 aromatic carbocycles. The van der Waals surface area contributed by atoms with Crippen LogP contribution in [-0.4, -0.2) is 23.4 Å². The fourth-order valence-corrected chi connectivity index (χ4v) is 1.96. The van der Waals surface area contributed by atoms with E-state index >= 15 is 0 Å². The summed E-state index contributed by atoms with van der Waals surface area (Å²) >= 11 is 0. The maximum Gasteiger partial charge on any atom is 0.254 e. The maximum absolute atomic E-state index is 12.5. The standard InChI is InChI=1S/C15H20N2O/c1-4-13-8-5-6-9-14(13)15(18)17(12(2)3)11-7-10-16/h5-6,8-9,12H,4,7,11H2,1-3H3. The van der Waals surface area contributed by atoms with Crippen LogP contribution in [-0.2, 0) is 6.42 Å². The zero-order valence-electron chi connectivity index (χ0n) is 11.3. The monoisotopic (exact) mass is 244 g/mol. The molecule has 0 bridgehead atoms. The topological polar surface area (TPSA) is 44.1 Å². The molecule has 0 fully saturated rings. The number of carbonyl (C=O) groups excluding carboxylic acids is 1. The average molecular weight is 244 g/mol. The molecule has 0 unspecified atom stereocenters. The van der Waals surface area contributed by atoms with Gasteiger partial charge in [-0.15, -0.1) is 0 Å². The van der Waals surface area contributed by atoms with Gasteiger partial charge in [-0.25, -0.2) is 0 Å². The minimum Gasteiger partial charge on any atom is -0.335 e. The van der Waals surface area contributed by atoms with Crippen LogP contribution < -0.4 is 0 Å². The lowest BCUT2D eigenvalue weighted by atomic mass is 10.0. The van der Waals surface area contributed by atoms with E-state index in [9.17, 15) is 4.79 Å². The van der Waals surface area contributed by atoms with Gasteiger partial charge in [0.25, 0.3) is 5.91 Å². The third-order valence-corrected chi connectivity index (χ3v) is 2.98. The molecule has 0 saturated carbocycles. The van der Waals surface area contributed by atoms with Gasteiger partial charge in [-0.3, -0.25) is 4.79 Å². The van der Waals surface area contributed by atoms with Crippen molar-refractivity contribution in [2.75, 3.05) is 6.54 Å². The number of carbonyl (C=O) groups is 1. The predicted octanol–water partition coefficient (Wildman–Crippen LogP) is 3.01. The van der Waals surface area contributed by atoms with Crippen molar-refractivity contribution >= 4 is 5.91 Å². The summed E-state index contributed by atoms with van der Waals surface area (Å²) in [7, 11) is 0. The van der Waals surface area contributed by atoms with Gasteiger partial charge in [0.2, 0.25) is 0 Å². The maximum atomic E-state index is 12.5. The van der Waals surface area contributed by atoms with E-state index in [2.05, 4.69) is 6.07 Å². The van der Waals surface area contributed by atoms with E-state index in [4.69, 9.17) is 5.26 Å². The summed E-state index contributed by atoms with van der Waals surface area (Å²) < 4.78 is 0. The normalized spacial score (nSPS) is 10.2. The number of hydrogen-bond acceptors (Lipinski definition) is 2. The Morgan fingerprint density at radius 2 is 2.06 bits per heavy atom. The summed E-state index contributed by atoms with van der Waals surface area (Å²) in [6.45, 7) is 6.49. The van der Waals surface area contributed by atoms with E-state index in [1.807, 2.05) is 45.0 Å². The Kier molecular flexibility index (Phi) is 5.38. The van der Waals surface area contributed by atoms with E-state index in [0.717, 1.165) is 17.5 Å². The molecular weight excluding hydrogens is 224 g/mol. The van der Waals surface area contributed by atoms with Crippen LogP contribution in [0.5, 0.6) is 0 Å². The van der Waals surface area contributed by atoms with Gasteiger partial charge >= 0.3 is 0 Å². The van der Waals surface area contributed by atoms with Gasteiger partial charge in [-0.1, -0.05) is 25.1 Å². The van der Waals surface area contributed by atoms with Crippen LogP contribution in [0.25, 0.3) is 0 Å². The fourth-order valence-electron chi connectivity index (χ4n) is 1.96. The van der Waals surface area contributed by atoms with Crippen LogP contribution in [0.3, 0.4) is 0 Å². The van der Waals surface area contributed by atoms with Crippen LogP contribution in [0.1, 0.15) is 43.1 Å². The Labute approximate surface area is 109 Å². The Hall–Kier alpha value is -1.82. The molecule has 0 aliphatic carbocycles. The van der Waals surface area contributed by atoms with Gasteiger partial charge in [-0.05, 0) is 31.9 Å². The number of benzene rings is 1. The number of aryl methyl sites for hydroxylation is 1. The molecule has 96 valence electrons. The van der Waals surface area contributed by atoms with Gasteiger partial charge in [0.15, 0.2) is 0 Å². The molecule has 0 aliphatic heterocycles. The summed E-state index contributed by atoms with van der Waals surface area (Å²) in [6.07, 6.45) is 1.21. The molecule has 0 radical (unpaired) electrons. The molecule has 3 nitrogen and oxygen atoms in total. The van der Waals surface area contributed by atoms with Crippen molar-refractivity contribution in [3.63, 3.8) is 0 Å². The number of amides is 1. The van der Waals surface area contributed by atoms with Crippen molar-refractivity contribution in [1.29, 1.82) is 5.26 Å². The van der Waals surface area contributed by atoms with E-state index in [-0.39, 0.29) is 11.9 Å². The van der Waals surface area contributed by atoms with Crippen molar-refractivity contribution in [3.05, 3.63) is 35.4 Å². The molecule has 0 atom stereocenters. The van der Waals surface area contributed by atoms with E-state index < -0.39 is 0 Å². The van der Waals surface area contributed by atoms with Crippen molar-refractivity contribution in [1.82, 2.24) is 4.90 Å². The average Bonchev–Trinajstić information content (AvgIpc) is 2.38. The molecule has 18 heavy (non-hydrogen) atoms. The van der Waals surface area contributed by atoms with Crippen molar-refractivity contribution < 1.29 is 4.79 Å². The summed E-state index contributed by atoms with van der Waals surface area (Å²) in [6, 6.07) is 9.88. The minimum absolute atomic E-state index is 0.0256. The van der Waals surface area contributed by atoms with Gasteiger partial charge in [-0.2, -0.15) is 5.26 Å². The number of hydrogen-bond donors (Lipinski definition) is 0. The van der Waals surface area contributed by atoms with E-state index in [1.54, 1.807) is 4.90 Å². The minimum atomic E-state index is 0.0256. The highest BCUT2D eigenvalue weighted by atomic mass is 16.2. The molecule has 0 spiro atoms. The smallest absolute Gasteiger partial charge is 0.254 e. The first-order valence-electron chi connectivity index (χ1n) is 6.37. The highest BCUT2D eigenvalue weighted by Crippen LogP contribution is 2.14. The molecule has 3 heteroatoms. The number of nitrogens with zero attached hydrogens (tertiary/aromatic N) is 2. The van der Waals surface area contributed by atoms with Gasteiger partial charge in [0.05, 0.1) is 12.5 Å². The Morgan fingerprint density at radius 1 is 1.39 bits per heavy atom. The molecule has 0 heterocycles. The summed E-state index contributed by atoms with van der Waals surface area (Å²) in [4.78, 5) is 14.3. The lowest BCUT2D eigenvalue weighted by Gasteiger charge is -2.26. The summed E-state index contributed by atoms with van der Waals surface area (Å²) in [5.74, 6) is 0.0256. The first-order valence-corrected chi connectivity index (χ1v) is 6.37. The van der Waals surface area contributed by atoms with Crippen molar-refractivity contribution in [2.45, 2.75) is 39.7 Å². The lowest BCUT2D eigenvalue weighted by Crippen LogP contribution is -2.38. The lowest BCUT2D eigenvalue weighted by molar-refractivity contribution is 0.0709. The number of nitriles is 1. The largest absolute Gasteiger partial charge is 0.335 e. The van der Waals surface area contributed by atoms with Crippen molar-refractivity contribution in [3.8, 4) is 6.07 Å². The zero-order chi connectivity index (χ0) is 13.5. The Bertz CT molecular complexity index is 446. The Balaban J connectivity index is 2.99. The van der Waals surface area contributed by atoms with Crippen LogP contribution in [0, 0.1) is 11.3 Å². The van der Waals surface area contributed by atoms with Crippen LogP contribution in [0.15, 0.2) is 24.3 Å². The second-order valence-electron chi connectivity index (χ2n) is 4.51. The third kappa shape index (κ3) is 3.33. The van der Waals surface area contributed by atoms with E-state index in [1.165, 1.54) is 0 Å². The quantitative estimate of drug-likeness (QED) is 0.799. The molecule has 0 aromatic heterocycles. The molecule has 1 aromatic rings. The highest BCUT2D eigenvalue weighted by Gasteiger charge is 2.19. The summed E-state index contributed by atoms with van der Waals surface area (Å²) in [5.41, 5.74) is 1.82. The zero-order valence-corrected chi connectivity index (χ0v) is 11.3. The SMILES string of the molecule is CCc1ccccc1C(=O)N(CCC#N)C(C)C. The number of rotatable bonds is 5. The third-order valence-electron chi connectivity index (χ3n) is 2.98. The van der Waals surface area contributed by atoms with Gasteiger partial charge in [0, 0.05) is 18.2 Å². The van der Waals surface area contributed by atoms with Crippen LogP contribution >= 0.6 is 0 Å². The molecular formula is C15H20N2O. The molecule has 0 saturated heterocycles. The first kappa shape index (κ1) is 14.2. The van der Waals surface area contributed by atoms with Crippen LogP contribution in [0.2, 0.25) is 0 Å². The molecule has 1 amide bonds. The molecule has 1 rings (SSSR count). The second-order valence-corrected chi connectivity index (χ2v) is 4.51. The Morgan fingerprint density at radius 3 is 2.61 bits per heavy atom. The van der Waals surface area contributed by atoms with Crippen molar-refractivity contribution in [2.24, 2.45) is 0 Å². The summed E-state index contributed by atoms with van der Waals surface area (Å²) in [5, 5.41) is 8.66.